The third-order valence-corrected chi connectivity index (χ3v) is 2.88. The van der Waals surface area contributed by atoms with Gasteiger partial charge in [-0.15, -0.1) is 0 Å². The zero-order valence-corrected chi connectivity index (χ0v) is 12.2. The number of nitrogens with zero attached hydrogens (tertiary/aromatic N) is 1. The lowest BCUT2D eigenvalue weighted by molar-refractivity contribution is 0.338. The summed E-state index contributed by atoms with van der Waals surface area (Å²) in [6, 6.07) is 9.34. The molecule has 0 aliphatic heterocycles. The topological polar surface area (TPSA) is 57.4 Å². The first-order valence-corrected chi connectivity index (χ1v) is 6.77. The summed E-state index contributed by atoms with van der Waals surface area (Å²) in [5.41, 5.74) is 6.53. The quantitative estimate of drug-likeness (QED) is 0.915. The van der Waals surface area contributed by atoms with Crippen LogP contribution in [0.3, 0.4) is 0 Å². The van der Waals surface area contributed by atoms with Gasteiger partial charge in [0.2, 0.25) is 5.88 Å². The summed E-state index contributed by atoms with van der Waals surface area (Å²) < 4.78 is 12.1. The van der Waals surface area contributed by atoms with Gasteiger partial charge in [0.05, 0.1) is 6.61 Å². The predicted octanol–water partition coefficient (Wildman–Crippen LogP) is 3.49. The van der Waals surface area contributed by atoms with Gasteiger partial charge in [0.1, 0.15) is 11.5 Å². The molecule has 0 spiro atoms. The monoisotopic (exact) mass is 322 g/mol. The first-order chi connectivity index (χ1) is 9.22. The van der Waals surface area contributed by atoms with Crippen LogP contribution in [0, 0.1) is 0 Å². The van der Waals surface area contributed by atoms with Crippen LogP contribution in [0.15, 0.2) is 41.0 Å². The molecule has 0 amide bonds. The summed E-state index contributed by atoms with van der Waals surface area (Å²) in [6.45, 7) is 2.93. The fourth-order valence-corrected chi connectivity index (χ4v) is 1.99. The number of nitrogens with two attached hydrogens (primary N) is 1. The molecule has 1 heterocycles. The Bertz CT molecular complexity index is 561. The van der Waals surface area contributed by atoms with E-state index in [1.54, 1.807) is 6.20 Å². The molecule has 100 valence electrons. The van der Waals surface area contributed by atoms with E-state index in [4.69, 9.17) is 15.2 Å². The molecule has 0 radical (unpaired) electrons. The normalized spacial score (nSPS) is 10.3. The molecule has 0 aliphatic rings. The Morgan fingerprint density at radius 1 is 1.26 bits per heavy atom. The second kappa shape index (κ2) is 6.54. The number of aromatic nitrogens is 1. The number of hydrogen-bond donors (Lipinski definition) is 1. The molecule has 0 aliphatic carbocycles. The number of ether oxygens (including phenoxy) is 2. The molecule has 0 bridgehead atoms. The Kier molecular flexibility index (Phi) is 4.76. The smallest absolute Gasteiger partial charge is 0.223 e. The zero-order chi connectivity index (χ0) is 13.7. The van der Waals surface area contributed by atoms with E-state index >= 15 is 0 Å². The molecule has 4 nitrogen and oxygen atoms in total. The highest BCUT2D eigenvalue weighted by molar-refractivity contribution is 9.10. The van der Waals surface area contributed by atoms with Crippen molar-refractivity contribution in [3.63, 3.8) is 0 Å². The summed E-state index contributed by atoms with van der Waals surface area (Å²) in [6.07, 6.45) is 1.68. The lowest BCUT2D eigenvalue weighted by Gasteiger charge is -2.10. The highest BCUT2D eigenvalue weighted by Gasteiger charge is 2.07. The van der Waals surface area contributed by atoms with E-state index in [-0.39, 0.29) is 0 Å². The van der Waals surface area contributed by atoms with Gasteiger partial charge in [-0.1, -0.05) is 6.07 Å². The van der Waals surface area contributed by atoms with E-state index in [1.165, 1.54) is 0 Å². The molecule has 0 saturated carbocycles. The van der Waals surface area contributed by atoms with Crippen molar-refractivity contribution in [3.05, 3.63) is 46.6 Å². The third kappa shape index (κ3) is 3.68. The van der Waals surface area contributed by atoms with Crippen LogP contribution < -0.4 is 15.2 Å². The van der Waals surface area contributed by atoms with Crippen LogP contribution in [-0.2, 0) is 6.54 Å². The highest BCUT2D eigenvalue weighted by atomic mass is 79.9. The SMILES string of the molecule is CCOc1cccc(Oc2ncc(Br)cc2CN)c1. The van der Waals surface area contributed by atoms with Gasteiger partial charge < -0.3 is 15.2 Å². The summed E-state index contributed by atoms with van der Waals surface area (Å²) in [7, 11) is 0. The Hall–Kier alpha value is -1.59. The minimum Gasteiger partial charge on any atom is -0.494 e. The lowest BCUT2D eigenvalue weighted by Crippen LogP contribution is -2.01. The molecule has 1 aromatic carbocycles. The molecule has 0 atom stereocenters. The van der Waals surface area contributed by atoms with Crippen LogP contribution >= 0.6 is 15.9 Å². The van der Waals surface area contributed by atoms with Gasteiger partial charge >= 0.3 is 0 Å². The van der Waals surface area contributed by atoms with Crippen molar-refractivity contribution in [1.29, 1.82) is 0 Å². The van der Waals surface area contributed by atoms with Crippen LogP contribution in [0.25, 0.3) is 0 Å². The van der Waals surface area contributed by atoms with Crippen LogP contribution in [0.2, 0.25) is 0 Å². The van der Waals surface area contributed by atoms with Crippen molar-refractivity contribution >= 4 is 15.9 Å². The van der Waals surface area contributed by atoms with Crippen molar-refractivity contribution in [1.82, 2.24) is 4.98 Å². The predicted molar refractivity (Wildman–Crippen MR) is 77.5 cm³/mol. The van der Waals surface area contributed by atoms with E-state index < -0.39 is 0 Å². The number of benzene rings is 1. The third-order valence-electron chi connectivity index (χ3n) is 2.44. The van der Waals surface area contributed by atoms with E-state index in [0.29, 0.717) is 24.8 Å². The fraction of sp³-hybridized carbons (Fsp3) is 0.214. The van der Waals surface area contributed by atoms with Crippen LogP contribution in [0.1, 0.15) is 12.5 Å². The molecule has 0 unspecified atom stereocenters. The van der Waals surface area contributed by atoms with Crippen LogP contribution in [-0.4, -0.2) is 11.6 Å². The molecule has 2 aromatic rings. The Labute approximate surface area is 120 Å². The van der Waals surface area contributed by atoms with Gasteiger partial charge in [0.25, 0.3) is 0 Å². The van der Waals surface area contributed by atoms with E-state index in [0.717, 1.165) is 15.8 Å². The number of hydrogen-bond acceptors (Lipinski definition) is 4. The largest absolute Gasteiger partial charge is 0.494 e. The average Bonchev–Trinajstić information content (AvgIpc) is 2.41. The molecule has 1 aromatic heterocycles. The maximum absolute atomic E-state index is 5.75. The molecule has 2 N–H and O–H groups in total. The molecule has 19 heavy (non-hydrogen) atoms. The Morgan fingerprint density at radius 2 is 2.05 bits per heavy atom. The second-order valence-electron chi connectivity index (χ2n) is 3.83. The average molecular weight is 323 g/mol. The molecule has 0 saturated heterocycles. The number of rotatable bonds is 5. The highest BCUT2D eigenvalue weighted by Crippen LogP contribution is 2.27. The van der Waals surface area contributed by atoms with Crippen molar-refractivity contribution in [2.75, 3.05) is 6.61 Å². The van der Waals surface area contributed by atoms with E-state index in [9.17, 15) is 0 Å². The number of pyridine rings is 1. The first kappa shape index (κ1) is 13.8. The molecule has 2 rings (SSSR count). The van der Waals surface area contributed by atoms with E-state index in [1.807, 2.05) is 37.3 Å². The minimum atomic E-state index is 0.368. The number of halogens is 1. The summed E-state index contributed by atoms with van der Waals surface area (Å²) >= 11 is 3.36. The molecular formula is C14H15BrN2O2. The molecule has 5 heteroatoms. The van der Waals surface area contributed by atoms with Gasteiger partial charge in [-0.05, 0) is 41.1 Å². The zero-order valence-electron chi connectivity index (χ0n) is 10.6. The van der Waals surface area contributed by atoms with Gasteiger partial charge in [-0.25, -0.2) is 4.98 Å². The van der Waals surface area contributed by atoms with Gasteiger partial charge in [0.15, 0.2) is 0 Å². The van der Waals surface area contributed by atoms with Gasteiger partial charge in [0, 0.05) is 28.8 Å². The van der Waals surface area contributed by atoms with Crippen molar-refractivity contribution in [2.45, 2.75) is 13.5 Å². The lowest BCUT2D eigenvalue weighted by atomic mass is 10.2. The fourth-order valence-electron chi connectivity index (χ4n) is 1.61. The maximum atomic E-state index is 5.75. The first-order valence-electron chi connectivity index (χ1n) is 5.98. The Morgan fingerprint density at radius 3 is 2.79 bits per heavy atom. The van der Waals surface area contributed by atoms with Gasteiger partial charge in [-0.2, -0.15) is 0 Å². The van der Waals surface area contributed by atoms with Gasteiger partial charge in [-0.3, -0.25) is 0 Å². The molecular weight excluding hydrogens is 308 g/mol. The van der Waals surface area contributed by atoms with Crippen molar-refractivity contribution in [3.8, 4) is 17.4 Å². The second-order valence-corrected chi connectivity index (χ2v) is 4.75. The molecule has 0 fully saturated rings. The van der Waals surface area contributed by atoms with Crippen molar-refractivity contribution < 1.29 is 9.47 Å². The summed E-state index contributed by atoms with van der Waals surface area (Å²) in [5.74, 6) is 1.96. The van der Waals surface area contributed by atoms with E-state index in [2.05, 4.69) is 20.9 Å². The van der Waals surface area contributed by atoms with Crippen LogP contribution in [0.4, 0.5) is 0 Å². The summed E-state index contributed by atoms with van der Waals surface area (Å²) in [5, 5.41) is 0. The minimum absolute atomic E-state index is 0.368. The summed E-state index contributed by atoms with van der Waals surface area (Å²) in [4.78, 5) is 4.23. The Balaban J connectivity index is 2.23. The van der Waals surface area contributed by atoms with Crippen LogP contribution in [0.5, 0.6) is 17.4 Å². The maximum Gasteiger partial charge on any atom is 0.223 e. The standard InChI is InChI=1S/C14H15BrN2O2/c1-2-18-12-4-3-5-13(7-12)19-14-10(8-16)6-11(15)9-17-14/h3-7,9H,2,8,16H2,1H3. The van der Waals surface area contributed by atoms with Crippen molar-refractivity contribution in [2.24, 2.45) is 5.73 Å².